The van der Waals surface area contributed by atoms with Gasteiger partial charge in [0.15, 0.2) is 0 Å². The molecule has 3 heteroatoms. The van der Waals surface area contributed by atoms with Crippen molar-refractivity contribution in [3.63, 3.8) is 0 Å². The molecule has 0 radical (unpaired) electrons. The first-order valence-corrected chi connectivity index (χ1v) is 8.85. The van der Waals surface area contributed by atoms with E-state index in [9.17, 15) is 4.79 Å². The third-order valence-electron chi connectivity index (χ3n) is 4.16. The molecule has 0 N–H and O–H groups in total. The Morgan fingerprint density at radius 3 is 2.15 bits per heavy atom. The maximum Gasteiger partial charge on any atom is 0.219 e. The fourth-order valence-electron chi connectivity index (χ4n) is 2.95. The SMILES string of the molecule is CCCCCCCCCC[C@@]1(C)SC(=O)C(C)=C1OC. The van der Waals surface area contributed by atoms with Crippen molar-refractivity contribution in [1.29, 1.82) is 0 Å². The molecule has 1 atom stereocenters. The summed E-state index contributed by atoms with van der Waals surface area (Å²) in [5, 5.41) is 0.184. The molecule has 1 rings (SSSR count). The third-order valence-corrected chi connectivity index (χ3v) is 5.49. The summed E-state index contributed by atoms with van der Waals surface area (Å²) in [7, 11) is 1.68. The van der Waals surface area contributed by atoms with Crippen molar-refractivity contribution in [3.8, 4) is 0 Å². The Balaban J connectivity index is 2.23. The summed E-state index contributed by atoms with van der Waals surface area (Å²) in [4.78, 5) is 11.8. The number of rotatable bonds is 10. The van der Waals surface area contributed by atoms with Crippen LogP contribution in [0.4, 0.5) is 0 Å². The number of ether oxygens (including phenoxy) is 1. The van der Waals surface area contributed by atoms with Gasteiger partial charge in [0, 0.05) is 5.57 Å². The van der Waals surface area contributed by atoms with Gasteiger partial charge in [-0.05, 0) is 20.3 Å². The van der Waals surface area contributed by atoms with Crippen molar-refractivity contribution in [2.45, 2.75) is 83.3 Å². The van der Waals surface area contributed by atoms with Gasteiger partial charge >= 0.3 is 0 Å². The molecule has 0 aliphatic carbocycles. The summed E-state index contributed by atoms with van der Waals surface area (Å²) in [6.45, 7) is 6.28. The third kappa shape index (κ3) is 4.83. The van der Waals surface area contributed by atoms with E-state index in [0.29, 0.717) is 0 Å². The highest BCUT2D eigenvalue weighted by atomic mass is 32.2. The van der Waals surface area contributed by atoms with Crippen LogP contribution >= 0.6 is 11.8 Å². The van der Waals surface area contributed by atoms with Crippen LogP contribution in [-0.4, -0.2) is 17.0 Å². The molecule has 0 bridgehead atoms. The highest BCUT2D eigenvalue weighted by Crippen LogP contribution is 2.46. The molecule has 1 heterocycles. The quantitative estimate of drug-likeness (QED) is 0.500. The van der Waals surface area contributed by atoms with E-state index in [2.05, 4.69) is 13.8 Å². The number of hydrogen-bond acceptors (Lipinski definition) is 3. The highest BCUT2D eigenvalue weighted by molar-refractivity contribution is 8.15. The Morgan fingerprint density at radius 1 is 1.05 bits per heavy atom. The summed E-state index contributed by atoms with van der Waals surface area (Å²) >= 11 is 1.45. The predicted octanol–water partition coefficient (Wildman–Crippen LogP) is 5.47. The molecule has 1 aliphatic heterocycles. The summed E-state index contributed by atoms with van der Waals surface area (Å²) in [5.41, 5.74) is 0.805. The molecule has 2 nitrogen and oxygen atoms in total. The number of carbonyl (C=O) groups excluding carboxylic acids is 1. The minimum absolute atomic E-state index is 0.127. The largest absolute Gasteiger partial charge is 0.499 e. The second kappa shape index (κ2) is 8.76. The molecule has 0 amide bonds. The summed E-state index contributed by atoms with van der Waals surface area (Å²) in [6.07, 6.45) is 11.6. The van der Waals surface area contributed by atoms with Crippen molar-refractivity contribution in [2.75, 3.05) is 7.11 Å². The first kappa shape index (κ1) is 17.6. The van der Waals surface area contributed by atoms with E-state index in [-0.39, 0.29) is 9.86 Å². The second-order valence-corrected chi connectivity index (χ2v) is 7.48. The molecule has 0 saturated heterocycles. The first-order chi connectivity index (χ1) is 9.55. The molecule has 0 fully saturated rings. The molecule has 0 unspecified atom stereocenters. The van der Waals surface area contributed by atoms with Crippen LogP contribution in [0.25, 0.3) is 0 Å². The number of carbonyl (C=O) groups is 1. The van der Waals surface area contributed by atoms with E-state index in [1.54, 1.807) is 7.11 Å². The maximum atomic E-state index is 11.8. The van der Waals surface area contributed by atoms with Gasteiger partial charge < -0.3 is 4.74 Å². The summed E-state index contributed by atoms with van der Waals surface area (Å²) in [5.74, 6) is 0.899. The van der Waals surface area contributed by atoms with Crippen LogP contribution in [0, 0.1) is 0 Å². The Hall–Kier alpha value is -0.440. The van der Waals surface area contributed by atoms with E-state index in [1.165, 1.54) is 63.1 Å². The lowest BCUT2D eigenvalue weighted by molar-refractivity contribution is -0.107. The first-order valence-electron chi connectivity index (χ1n) is 8.04. The van der Waals surface area contributed by atoms with Crippen LogP contribution in [0.2, 0.25) is 0 Å². The minimum Gasteiger partial charge on any atom is -0.499 e. The Bertz CT molecular complexity index is 349. The van der Waals surface area contributed by atoms with E-state index in [4.69, 9.17) is 4.74 Å². The van der Waals surface area contributed by atoms with Gasteiger partial charge in [-0.25, -0.2) is 0 Å². The van der Waals surface area contributed by atoms with E-state index < -0.39 is 0 Å². The standard InChI is InChI=1S/C17H30O2S/c1-5-6-7-8-9-10-11-12-13-17(3)15(19-4)14(2)16(18)20-17/h5-13H2,1-4H3/t17-/m1/s1. The molecule has 1 aliphatic rings. The van der Waals surface area contributed by atoms with Crippen LogP contribution in [0.15, 0.2) is 11.3 Å². The monoisotopic (exact) mass is 298 g/mol. The number of thioether (sulfide) groups is 1. The topological polar surface area (TPSA) is 26.3 Å². The molecule has 0 spiro atoms. The van der Waals surface area contributed by atoms with Crippen LogP contribution in [0.1, 0.15) is 78.6 Å². The fraction of sp³-hybridized carbons (Fsp3) is 0.824. The average molecular weight is 298 g/mol. The van der Waals surface area contributed by atoms with Crippen LogP contribution in [0.5, 0.6) is 0 Å². The van der Waals surface area contributed by atoms with Gasteiger partial charge in [-0.15, -0.1) is 0 Å². The Morgan fingerprint density at radius 2 is 1.60 bits per heavy atom. The van der Waals surface area contributed by atoms with Gasteiger partial charge in [0.25, 0.3) is 0 Å². The molecule has 116 valence electrons. The molecule has 0 aromatic carbocycles. The van der Waals surface area contributed by atoms with Gasteiger partial charge in [-0.3, -0.25) is 4.79 Å². The molecule has 0 aromatic heterocycles. The van der Waals surface area contributed by atoms with Crippen molar-refractivity contribution >= 4 is 16.9 Å². The van der Waals surface area contributed by atoms with Crippen molar-refractivity contribution in [1.82, 2.24) is 0 Å². The van der Waals surface area contributed by atoms with Crippen molar-refractivity contribution < 1.29 is 9.53 Å². The van der Waals surface area contributed by atoms with Crippen molar-refractivity contribution in [2.24, 2.45) is 0 Å². The van der Waals surface area contributed by atoms with Crippen LogP contribution in [-0.2, 0) is 9.53 Å². The predicted molar refractivity (Wildman–Crippen MR) is 87.9 cm³/mol. The molecule has 20 heavy (non-hydrogen) atoms. The molecular formula is C17H30O2S. The zero-order valence-electron chi connectivity index (χ0n) is 13.6. The zero-order valence-corrected chi connectivity index (χ0v) is 14.4. The smallest absolute Gasteiger partial charge is 0.219 e. The zero-order chi connectivity index (χ0) is 15.0. The number of unbranched alkanes of at least 4 members (excludes halogenated alkanes) is 7. The lowest BCUT2D eigenvalue weighted by atomic mass is 9.97. The van der Waals surface area contributed by atoms with E-state index in [1.807, 2.05) is 6.92 Å². The normalized spacial score (nSPS) is 22.7. The molecule has 0 aromatic rings. The molecule has 0 saturated carbocycles. The van der Waals surface area contributed by atoms with Gasteiger partial charge in [0.2, 0.25) is 5.12 Å². The molecular weight excluding hydrogens is 268 g/mol. The minimum atomic E-state index is -0.127. The maximum absolute atomic E-state index is 11.8. The summed E-state index contributed by atoms with van der Waals surface area (Å²) < 4.78 is 5.34. The van der Waals surface area contributed by atoms with Gasteiger partial charge in [-0.2, -0.15) is 0 Å². The van der Waals surface area contributed by atoms with E-state index >= 15 is 0 Å². The van der Waals surface area contributed by atoms with Crippen LogP contribution in [0.3, 0.4) is 0 Å². The van der Waals surface area contributed by atoms with Crippen LogP contribution < -0.4 is 0 Å². The Kier molecular flexibility index (Phi) is 7.71. The Labute approximate surface area is 128 Å². The fourth-order valence-corrected chi connectivity index (χ4v) is 4.18. The highest BCUT2D eigenvalue weighted by Gasteiger charge is 2.42. The lowest BCUT2D eigenvalue weighted by Gasteiger charge is -2.25. The van der Waals surface area contributed by atoms with E-state index in [0.717, 1.165) is 17.8 Å². The van der Waals surface area contributed by atoms with Gasteiger partial charge in [0.1, 0.15) is 5.76 Å². The number of hydrogen-bond donors (Lipinski definition) is 0. The van der Waals surface area contributed by atoms with Crippen molar-refractivity contribution in [3.05, 3.63) is 11.3 Å². The summed E-state index contributed by atoms with van der Waals surface area (Å²) in [6, 6.07) is 0. The average Bonchev–Trinajstić information content (AvgIpc) is 2.63. The lowest BCUT2D eigenvalue weighted by Crippen LogP contribution is -2.21. The van der Waals surface area contributed by atoms with Gasteiger partial charge in [-0.1, -0.05) is 70.1 Å². The number of methoxy groups -OCH3 is 1. The second-order valence-electron chi connectivity index (χ2n) is 6.00. The van der Waals surface area contributed by atoms with Gasteiger partial charge in [0.05, 0.1) is 11.9 Å².